The van der Waals surface area contributed by atoms with Gasteiger partial charge in [0.2, 0.25) is 20.0 Å². The van der Waals surface area contributed by atoms with Gasteiger partial charge in [0.25, 0.3) is 0 Å². The van der Waals surface area contributed by atoms with Crippen molar-refractivity contribution in [3.05, 3.63) is 17.2 Å². The molecule has 0 aliphatic heterocycles. The van der Waals surface area contributed by atoms with Crippen LogP contribution in [0.15, 0.2) is 15.9 Å². The lowest BCUT2D eigenvalue weighted by Gasteiger charge is -2.15. The van der Waals surface area contributed by atoms with Gasteiger partial charge < -0.3 is 4.74 Å². The maximum Gasteiger partial charge on any atom is 0.239 e. The van der Waals surface area contributed by atoms with Crippen LogP contribution in [-0.2, 0) is 20.0 Å². The second-order valence-electron chi connectivity index (χ2n) is 3.77. The Labute approximate surface area is 106 Å². The van der Waals surface area contributed by atoms with Crippen molar-refractivity contribution >= 4 is 20.0 Å². The summed E-state index contributed by atoms with van der Waals surface area (Å²) in [7, 11) is -7.09. The van der Waals surface area contributed by atoms with E-state index >= 15 is 0 Å². The molecule has 9 heteroatoms. The molecule has 0 heterocycles. The minimum atomic E-state index is -4.24. The van der Waals surface area contributed by atoms with E-state index in [2.05, 4.69) is 0 Å². The molecule has 1 aromatic rings. The summed E-state index contributed by atoms with van der Waals surface area (Å²) < 4.78 is 50.9. The van der Waals surface area contributed by atoms with E-state index in [0.29, 0.717) is 5.56 Å². The number of sulfonamides is 2. The Bertz CT molecular complexity index is 692. The maximum atomic E-state index is 11.5. The summed E-state index contributed by atoms with van der Waals surface area (Å²) in [6, 6.07) is 1.13. The first-order chi connectivity index (χ1) is 8.00. The highest BCUT2D eigenvalue weighted by molar-refractivity contribution is 7.92. The SMILES string of the molecule is COc1c(C)cc(S(N)(=O)=O)c(S(N)(=O)=O)c1C. The van der Waals surface area contributed by atoms with E-state index in [4.69, 9.17) is 15.0 Å². The van der Waals surface area contributed by atoms with Crippen LogP contribution in [-0.4, -0.2) is 23.9 Å². The molecule has 0 saturated carbocycles. The Morgan fingerprint density at radius 2 is 1.56 bits per heavy atom. The lowest BCUT2D eigenvalue weighted by atomic mass is 10.1. The molecule has 4 N–H and O–H groups in total. The Morgan fingerprint density at radius 3 is 1.89 bits per heavy atom. The maximum absolute atomic E-state index is 11.5. The number of hydrogen-bond acceptors (Lipinski definition) is 5. The highest BCUT2D eigenvalue weighted by Crippen LogP contribution is 2.33. The van der Waals surface area contributed by atoms with E-state index in [0.717, 1.165) is 6.07 Å². The highest BCUT2D eigenvalue weighted by Gasteiger charge is 2.27. The van der Waals surface area contributed by atoms with Gasteiger partial charge in [-0.1, -0.05) is 0 Å². The molecule has 0 unspecified atom stereocenters. The molecule has 102 valence electrons. The predicted octanol–water partition coefficient (Wildman–Crippen LogP) is -0.393. The molecule has 0 saturated heterocycles. The Hall–Kier alpha value is -1.16. The molecule has 1 rings (SSSR count). The minimum Gasteiger partial charge on any atom is -0.496 e. The molecule has 1 aromatic carbocycles. The molecule has 0 spiro atoms. The minimum absolute atomic E-state index is 0.115. The van der Waals surface area contributed by atoms with Crippen LogP contribution in [0.1, 0.15) is 11.1 Å². The monoisotopic (exact) mass is 294 g/mol. The fourth-order valence-electron chi connectivity index (χ4n) is 1.79. The molecule has 0 fully saturated rings. The van der Waals surface area contributed by atoms with E-state index in [9.17, 15) is 16.8 Å². The fraction of sp³-hybridized carbons (Fsp3) is 0.333. The largest absolute Gasteiger partial charge is 0.496 e. The first-order valence-electron chi connectivity index (χ1n) is 4.74. The van der Waals surface area contributed by atoms with Crippen LogP contribution in [0.4, 0.5) is 0 Å². The van der Waals surface area contributed by atoms with Gasteiger partial charge in [-0.3, -0.25) is 0 Å². The summed E-state index contributed by atoms with van der Waals surface area (Å²) in [6.45, 7) is 2.98. The van der Waals surface area contributed by atoms with E-state index in [1.807, 2.05) is 0 Å². The van der Waals surface area contributed by atoms with Crippen LogP contribution < -0.4 is 15.0 Å². The van der Waals surface area contributed by atoms with Crippen molar-refractivity contribution in [3.8, 4) is 5.75 Å². The number of primary sulfonamides is 2. The quantitative estimate of drug-likeness (QED) is 0.784. The van der Waals surface area contributed by atoms with E-state index in [1.165, 1.54) is 14.0 Å². The summed E-state index contributed by atoms with van der Waals surface area (Å²) in [5.74, 6) is 0.256. The fourth-order valence-corrected chi connectivity index (χ4v) is 4.10. The van der Waals surface area contributed by atoms with Crippen LogP contribution in [0.25, 0.3) is 0 Å². The lowest BCUT2D eigenvalue weighted by molar-refractivity contribution is 0.406. The number of methoxy groups -OCH3 is 1. The summed E-state index contributed by atoms with van der Waals surface area (Å²) in [6.07, 6.45) is 0. The van der Waals surface area contributed by atoms with Gasteiger partial charge in [0, 0.05) is 5.56 Å². The van der Waals surface area contributed by atoms with Gasteiger partial charge in [-0.2, -0.15) is 0 Å². The summed E-state index contributed by atoms with van der Waals surface area (Å²) in [4.78, 5) is -1.06. The van der Waals surface area contributed by atoms with Gasteiger partial charge in [0.15, 0.2) is 0 Å². The van der Waals surface area contributed by atoms with Gasteiger partial charge in [0.1, 0.15) is 15.5 Å². The molecular formula is C9H14N2O5S2. The van der Waals surface area contributed by atoms with Gasteiger partial charge in [-0.15, -0.1) is 0 Å². The van der Waals surface area contributed by atoms with Crippen LogP contribution >= 0.6 is 0 Å². The van der Waals surface area contributed by atoms with Crippen molar-refractivity contribution in [1.29, 1.82) is 0 Å². The number of benzene rings is 1. The zero-order valence-electron chi connectivity index (χ0n) is 10.1. The molecule has 0 amide bonds. The molecule has 0 aliphatic rings. The van der Waals surface area contributed by atoms with E-state index in [1.54, 1.807) is 6.92 Å². The van der Waals surface area contributed by atoms with Crippen molar-refractivity contribution in [1.82, 2.24) is 0 Å². The average Bonchev–Trinajstić information content (AvgIpc) is 2.13. The van der Waals surface area contributed by atoms with E-state index < -0.39 is 29.8 Å². The number of hydrogen-bond donors (Lipinski definition) is 2. The van der Waals surface area contributed by atoms with Gasteiger partial charge in [-0.25, -0.2) is 27.1 Å². The Morgan fingerprint density at radius 1 is 1.06 bits per heavy atom. The average molecular weight is 294 g/mol. The molecule has 0 aromatic heterocycles. The van der Waals surface area contributed by atoms with Gasteiger partial charge >= 0.3 is 0 Å². The molecule has 0 aliphatic carbocycles. The predicted molar refractivity (Wildman–Crippen MR) is 65.2 cm³/mol. The number of ether oxygens (including phenoxy) is 1. The molecule has 0 bridgehead atoms. The van der Waals surface area contributed by atoms with Crippen LogP contribution in [0.3, 0.4) is 0 Å². The lowest BCUT2D eigenvalue weighted by Crippen LogP contribution is -2.22. The summed E-state index contributed by atoms with van der Waals surface area (Å²) in [5.41, 5.74) is 0.565. The van der Waals surface area contributed by atoms with Crippen molar-refractivity contribution in [2.45, 2.75) is 23.6 Å². The van der Waals surface area contributed by atoms with Gasteiger partial charge in [-0.05, 0) is 25.5 Å². The van der Waals surface area contributed by atoms with Crippen LogP contribution in [0, 0.1) is 13.8 Å². The van der Waals surface area contributed by atoms with Crippen LogP contribution in [0.2, 0.25) is 0 Å². The zero-order chi connectivity index (χ0) is 14.3. The Kier molecular flexibility index (Phi) is 3.73. The zero-order valence-corrected chi connectivity index (χ0v) is 11.7. The van der Waals surface area contributed by atoms with Gasteiger partial charge in [0.05, 0.1) is 7.11 Å². The van der Waals surface area contributed by atoms with Crippen molar-refractivity contribution < 1.29 is 21.6 Å². The summed E-state index contributed by atoms with van der Waals surface area (Å²) in [5, 5.41) is 10.0. The van der Waals surface area contributed by atoms with E-state index in [-0.39, 0.29) is 11.3 Å². The highest BCUT2D eigenvalue weighted by atomic mass is 32.2. The van der Waals surface area contributed by atoms with Crippen molar-refractivity contribution in [3.63, 3.8) is 0 Å². The third-order valence-electron chi connectivity index (χ3n) is 2.41. The standard InChI is InChI=1S/C9H14N2O5S2/c1-5-4-7(17(10,12)13)9(18(11,14)15)6(2)8(5)16-3/h4H,1-3H3,(H2,10,12,13)(H2,11,14,15). The first-order valence-corrected chi connectivity index (χ1v) is 7.83. The molecule has 0 radical (unpaired) electrons. The Balaban J connectivity index is 3.98. The molecule has 18 heavy (non-hydrogen) atoms. The number of rotatable bonds is 3. The number of nitrogens with two attached hydrogens (primary N) is 2. The smallest absolute Gasteiger partial charge is 0.239 e. The second kappa shape index (κ2) is 4.50. The topological polar surface area (TPSA) is 130 Å². The normalized spacial score (nSPS) is 12.5. The molecular weight excluding hydrogens is 280 g/mol. The molecule has 7 nitrogen and oxygen atoms in total. The third-order valence-corrected chi connectivity index (χ3v) is 4.57. The molecule has 0 atom stereocenters. The number of aryl methyl sites for hydroxylation is 1. The van der Waals surface area contributed by atoms with Crippen molar-refractivity contribution in [2.75, 3.05) is 7.11 Å². The van der Waals surface area contributed by atoms with Crippen LogP contribution in [0.5, 0.6) is 5.75 Å². The summed E-state index contributed by atoms with van der Waals surface area (Å²) >= 11 is 0. The third kappa shape index (κ3) is 2.64. The van der Waals surface area contributed by atoms with Crippen molar-refractivity contribution in [2.24, 2.45) is 10.3 Å². The second-order valence-corrected chi connectivity index (χ2v) is 6.80. The first kappa shape index (κ1) is 14.9.